The van der Waals surface area contributed by atoms with E-state index >= 15 is 0 Å². The lowest BCUT2D eigenvalue weighted by atomic mass is 10.1. The molecule has 0 atom stereocenters. The molecule has 0 aliphatic rings. The van der Waals surface area contributed by atoms with Crippen LogP contribution in [0.1, 0.15) is 13.3 Å². The molecule has 174 valence electrons. The number of carbonyl (C=O) groups excluding carboxylic acids is 1. The van der Waals surface area contributed by atoms with Gasteiger partial charge in [-0.05, 0) is 36.4 Å². The van der Waals surface area contributed by atoms with E-state index in [0.29, 0.717) is 22.5 Å². The van der Waals surface area contributed by atoms with Gasteiger partial charge in [-0.25, -0.2) is 13.8 Å². The third-order valence-corrected chi connectivity index (χ3v) is 5.11. The lowest BCUT2D eigenvalue weighted by molar-refractivity contribution is -0.115. The van der Waals surface area contributed by atoms with E-state index in [2.05, 4.69) is 31.0 Å². The number of aryl methyl sites for hydroxylation is 1. The predicted octanol–water partition coefficient (Wildman–Crippen LogP) is 5.64. The highest BCUT2D eigenvalue weighted by atomic mass is 35.5. The fraction of sp³-hybridized carbons (Fsp3) is 0.130. The average Bonchev–Trinajstić information content (AvgIpc) is 3.21. The van der Waals surface area contributed by atoms with Crippen LogP contribution < -0.4 is 16.0 Å². The molecule has 4 aromatic rings. The summed E-state index contributed by atoms with van der Waals surface area (Å²) in [6, 6.07) is 8.06. The molecule has 0 radical (unpaired) electrons. The van der Waals surface area contributed by atoms with Gasteiger partial charge in [-0.15, -0.1) is 0 Å². The van der Waals surface area contributed by atoms with Crippen LogP contribution in [0.25, 0.3) is 11.1 Å². The van der Waals surface area contributed by atoms with Gasteiger partial charge in [0.25, 0.3) is 0 Å². The molecule has 0 aliphatic carbocycles. The van der Waals surface area contributed by atoms with E-state index in [1.165, 1.54) is 42.6 Å². The number of nitrogens with zero attached hydrogens (tertiary/aromatic N) is 4. The number of rotatable bonds is 7. The van der Waals surface area contributed by atoms with Gasteiger partial charge in [0.05, 0.1) is 22.6 Å². The Bertz CT molecular complexity index is 1360. The number of halogens is 3. The first kappa shape index (κ1) is 23.1. The lowest BCUT2D eigenvalue weighted by Gasteiger charge is -2.15. The largest absolute Gasteiger partial charge is 0.337 e. The zero-order chi connectivity index (χ0) is 24.2. The summed E-state index contributed by atoms with van der Waals surface area (Å²) in [5.74, 6) is -0.835. The quantitative estimate of drug-likeness (QED) is 0.314. The van der Waals surface area contributed by atoms with Gasteiger partial charge in [-0.1, -0.05) is 18.5 Å². The zero-order valence-electron chi connectivity index (χ0n) is 18.2. The van der Waals surface area contributed by atoms with Crippen molar-refractivity contribution in [3.8, 4) is 11.1 Å². The monoisotopic (exact) mass is 483 g/mol. The number of hydrogen-bond acceptors (Lipinski definition) is 6. The standard InChI is InChI=1S/C23H20ClF2N7O/c1-3-21(34)29-14-5-7-19(26)20(9-14)31-22-17(16-6-4-13(25)8-18(16)24)11-27-23(32-22)30-15-10-28-33(2)12-15/h4-12H,3H2,1-2H3,(H,29,34)(H2,27,30,31,32). The van der Waals surface area contributed by atoms with Gasteiger partial charge in [-0.3, -0.25) is 9.48 Å². The first-order valence-corrected chi connectivity index (χ1v) is 10.6. The highest BCUT2D eigenvalue weighted by Gasteiger charge is 2.16. The van der Waals surface area contributed by atoms with Crippen molar-refractivity contribution >= 4 is 46.3 Å². The normalized spacial score (nSPS) is 10.7. The Balaban J connectivity index is 1.75. The molecule has 4 rings (SSSR count). The van der Waals surface area contributed by atoms with Crippen LogP contribution >= 0.6 is 11.6 Å². The second kappa shape index (κ2) is 9.84. The minimum absolute atomic E-state index is 0.0689. The molecular weight excluding hydrogens is 464 g/mol. The van der Waals surface area contributed by atoms with Gasteiger partial charge in [0.15, 0.2) is 0 Å². The zero-order valence-corrected chi connectivity index (χ0v) is 19.0. The fourth-order valence-electron chi connectivity index (χ4n) is 3.13. The molecule has 0 unspecified atom stereocenters. The third kappa shape index (κ3) is 5.29. The van der Waals surface area contributed by atoms with Crippen LogP contribution in [0.5, 0.6) is 0 Å². The van der Waals surface area contributed by atoms with Gasteiger partial charge >= 0.3 is 0 Å². The van der Waals surface area contributed by atoms with Crippen molar-refractivity contribution in [2.75, 3.05) is 16.0 Å². The molecule has 0 aliphatic heterocycles. The first-order valence-electron chi connectivity index (χ1n) is 10.3. The summed E-state index contributed by atoms with van der Waals surface area (Å²) in [5, 5.41) is 12.9. The van der Waals surface area contributed by atoms with Crippen molar-refractivity contribution < 1.29 is 13.6 Å². The highest BCUT2D eigenvalue weighted by molar-refractivity contribution is 6.33. The molecule has 0 spiro atoms. The Morgan fingerprint density at radius 3 is 2.59 bits per heavy atom. The molecule has 3 N–H and O–H groups in total. The molecule has 2 aromatic carbocycles. The summed E-state index contributed by atoms with van der Waals surface area (Å²) in [6.45, 7) is 1.72. The maximum absolute atomic E-state index is 14.7. The van der Waals surface area contributed by atoms with E-state index in [4.69, 9.17) is 11.6 Å². The van der Waals surface area contributed by atoms with Crippen molar-refractivity contribution in [1.82, 2.24) is 19.7 Å². The van der Waals surface area contributed by atoms with Gasteiger partial charge in [-0.2, -0.15) is 10.1 Å². The molecule has 0 bridgehead atoms. The number of benzene rings is 2. The Labute approximate surface area is 199 Å². The van der Waals surface area contributed by atoms with Crippen LogP contribution in [0.4, 0.5) is 37.6 Å². The Morgan fingerprint density at radius 2 is 1.88 bits per heavy atom. The molecular formula is C23H20ClF2N7O. The minimum atomic E-state index is -0.564. The Hall–Kier alpha value is -4.05. The van der Waals surface area contributed by atoms with Crippen molar-refractivity contribution in [3.05, 3.63) is 71.6 Å². The molecule has 2 aromatic heterocycles. The smallest absolute Gasteiger partial charge is 0.229 e. The number of anilines is 5. The van der Waals surface area contributed by atoms with Crippen LogP contribution in [-0.4, -0.2) is 25.7 Å². The number of nitrogens with one attached hydrogen (secondary N) is 3. The van der Waals surface area contributed by atoms with E-state index in [0.717, 1.165) is 0 Å². The van der Waals surface area contributed by atoms with Crippen LogP contribution in [0, 0.1) is 11.6 Å². The molecule has 0 fully saturated rings. The van der Waals surface area contributed by atoms with Gasteiger partial charge < -0.3 is 16.0 Å². The van der Waals surface area contributed by atoms with E-state index in [-0.39, 0.29) is 34.8 Å². The number of aromatic nitrogens is 4. The fourth-order valence-corrected chi connectivity index (χ4v) is 3.40. The summed E-state index contributed by atoms with van der Waals surface area (Å²) in [7, 11) is 1.77. The van der Waals surface area contributed by atoms with Crippen LogP contribution in [0.3, 0.4) is 0 Å². The first-order chi connectivity index (χ1) is 16.3. The number of amides is 1. The van der Waals surface area contributed by atoms with E-state index in [1.54, 1.807) is 31.0 Å². The maximum atomic E-state index is 14.7. The highest BCUT2D eigenvalue weighted by Crippen LogP contribution is 2.35. The van der Waals surface area contributed by atoms with Crippen LogP contribution in [0.15, 0.2) is 55.0 Å². The summed E-state index contributed by atoms with van der Waals surface area (Å²) < 4.78 is 29.9. The van der Waals surface area contributed by atoms with Crippen molar-refractivity contribution in [2.24, 2.45) is 7.05 Å². The Morgan fingerprint density at radius 1 is 1.06 bits per heavy atom. The van der Waals surface area contributed by atoms with Gasteiger partial charge in [0, 0.05) is 42.7 Å². The lowest BCUT2D eigenvalue weighted by Crippen LogP contribution is -2.10. The van der Waals surface area contributed by atoms with Gasteiger partial charge in [0.2, 0.25) is 11.9 Å². The number of hydrogen-bond donors (Lipinski definition) is 3. The van der Waals surface area contributed by atoms with E-state index in [9.17, 15) is 13.6 Å². The van der Waals surface area contributed by atoms with E-state index in [1.807, 2.05) is 0 Å². The van der Waals surface area contributed by atoms with E-state index < -0.39 is 11.6 Å². The van der Waals surface area contributed by atoms with Gasteiger partial charge in [0.1, 0.15) is 17.5 Å². The summed E-state index contributed by atoms with van der Waals surface area (Å²) >= 11 is 6.27. The summed E-state index contributed by atoms with van der Waals surface area (Å²) in [5.41, 5.74) is 2.01. The average molecular weight is 484 g/mol. The SMILES string of the molecule is CCC(=O)Nc1ccc(F)c(Nc2nc(Nc3cnn(C)c3)ncc2-c2ccc(F)cc2Cl)c1. The third-order valence-electron chi connectivity index (χ3n) is 4.80. The molecule has 34 heavy (non-hydrogen) atoms. The molecule has 2 heterocycles. The topological polar surface area (TPSA) is 96.8 Å². The second-order valence-corrected chi connectivity index (χ2v) is 7.74. The van der Waals surface area contributed by atoms with Crippen LogP contribution in [-0.2, 0) is 11.8 Å². The minimum Gasteiger partial charge on any atom is -0.337 e. The van der Waals surface area contributed by atoms with Crippen molar-refractivity contribution in [1.29, 1.82) is 0 Å². The number of carbonyl (C=O) groups is 1. The predicted molar refractivity (Wildman–Crippen MR) is 128 cm³/mol. The maximum Gasteiger partial charge on any atom is 0.229 e. The molecule has 0 saturated carbocycles. The Kier molecular flexibility index (Phi) is 6.69. The molecule has 8 nitrogen and oxygen atoms in total. The summed E-state index contributed by atoms with van der Waals surface area (Å²) in [4.78, 5) is 20.6. The second-order valence-electron chi connectivity index (χ2n) is 7.33. The summed E-state index contributed by atoms with van der Waals surface area (Å²) in [6.07, 6.45) is 5.11. The molecule has 0 saturated heterocycles. The van der Waals surface area contributed by atoms with Crippen molar-refractivity contribution in [2.45, 2.75) is 13.3 Å². The van der Waals surface area contributed by atoms with Crippen LogP contribution in [0.2, 0.25) is 5.02 Å². The molecule has 11 heteroatoms. The van der Waals surface area contributed by atoms with Crippen molar-refractivity contribution in [3.63, 3.8) is 0 Å². The molecule has 1 amide bonds.